The van der Waals surface area contributed by atoms with E-state index in [9.17, 15) is 9.90 Å². The fourth-order valence-electron chi connectivity index (χ4n) is 3.48. The summed E-state index contributed by atoms with van der Waals surface area (Å²) in [4.78, 5) is 11.1. The van der Waals surface area contributed by atoms with Crippen molar-refractivity contribution >= 4 is 5.97 Å². The van der Waals surface area contributed by atoms with Gasteiger partial charge < -0.3 is 14.9 Å². The Kier molecular flexibility index (Phi) is 12.9. The van der Waals surface area contributed by atoms with Crippen LogP contribution < -0.4 is 4.74 Å². The maximum absolute atomic E-state index is 11.1. The number of phenolic OH excluding ortho intramolecular Hbond substituents is 1. The van der Waals surface area contributed by atoms with Crippen LogP contribution in [-0.2, 0) is 17.6 Å². The normalized spacial score (nSPS) is 11.2. The van der Waals surface area contributed by atoms with Crippen LogP contribution in [0.3, 0.4) is 0 Å². The summed E-state index contributed by atoms with van der Waals surface area (Å²) in [7, 11) is 1.50. The van der Waals surface area contributed by atoms with E-state index in [-0.39, 0.29) is 12.2 Å². The zero-order valence-electron chi connectivity index (χ0n) is 17.7. The van der Waals surface area contributed by atoms with Gasteiger partial charge in [0, 0.05) is 11.6 Å². The molecule has 158 valence electrons. The molecule has 2 N–H and O–H groups in total. The highest BCUT2D eigenvalue weighted by Gasteiger charge is 2.14. The van der Waals surface area contributed by atoms with E-state index in [4.69, 9.17) is 9.84 Å². The average molecular weight is 391 g/mol. The molecule has 1 aromatic rings. The van der Waals surface area contributed by atoms with E-state index in [0.29, 0.717) is 11.3 Å². The largest absolute Gasteiger partial charge is 0.508 e. The van der Waals surface area contributed by atoms with E-state index < -0.39 is 5.97 Å². The van der Waals surface area contributed by atoms with Gasteiger partial charge in [0.25, 0.3) is 0 Å². The van der Waals surface area contributed by atoms with Crippen molar-refractivity contribution in [1.82, 2.24) is 0 Å². The quantitative estimate of drug-likeness (QED) is 0.252. The number of methoxy groups -OCH3 is 1. The smallest absolute Gasteiger partial charge is 0.307 e. The second-order valence-corrected chi connectivity index (χ2v) is 7.48. The molecular formula is C24H38O4. The summed E-state index contributed by atoms with van der Waals surface area (Å²) in [5.74, 6) is -0.301. The molecule has 0 spiro atoms. The molecule has 0 amide bonds. The number of benzene rings is 1. The van der Waals surface area contributed by atoms with Crippen LogP contribution in [0.15, 0.2) is 24.3 Å². The fraction of sp³-hybridized carbons (Fsp3) is 0.625. The number of carboxylic acid groups (broad SMARTS) is 1. The van der Waals surface area contributed by atoms with Gasteiger partial charge in [-0.25, -0.2) is 0 Å². The number of carboxylic acids is 1. The Morgan fingerprint density at radius 1 is 0.964 bits per heavy atom. The molecule has 0 saturated carbocycles. The number of allylic oxidation sites excluding steroid dienone is 2. The van der Waals surface area contributed by atoms with Crippen LogP contribution in [0.25, 0.3) is 0 Å². The molecule has 0 atom stereocenters. The molecule has 0 aliphatic carbocycles. The summed E-state index contributed by atoms with van der Waals surface area (Å²) in [6, 6.07) is 3.16. The summed E-state index contributed by atoms with van der Waals surface area (Å²) < 4.78 is 5.26. The van der Waals surface area contributed by atoms with Crippen LogP contribution >= 0.6 is 0 Å². The van der Waals surface area contributed by atoms with E-state index in [1.807, 2.05) is 0 Å². The van der Waals surface area contributed by atoms with Crippen molar-refractivity contribution < 1.29 is 19.7 Å². The summed E-state index contributed by atoms with van der Waals surface area (Å²) in [5, 5.41) is 19.0. The number of unbranched alkanes of at least 4 members (excludes halogenated alkanes) is 9. The summed E-state index contributed by atoms with van der Waals surface area (Å²) in [6.45, 7) is 2.24. The number of ether oxygens (including phenoxy) is 1. The lowest BCUT2D eigenvalue weighted by atomic mass is 9.97. The standard InChI is InChI=1S/C24H38O4/c1-3-4-5-6-7-8-9-10-11-12-13-14-15-16-20-17-21(25)18-23(28-2)22(20)19-24(26)27/h8-9,17-18,25H,3-7,10-16,19H2,1-2H3,(H,26,27)/b9-8-. The minimum absolute atomic E-state index is 0.0798. The van der Waals surface area contributed by atoms with Crippen molar-refractivity contribution in [3.63, 3.8) is 0 Å². The third-order valence-electron chi connectivity index (χ3n) is 5.04. The van der Waals surface area contributed by atoms with Gasteiger partial charge in [-0.2, -0.15) is 0 Å². The molecule has 4 nitrogen and oxygen atoms in total. The van der Waals surface area contributed by atoms with E-state index in [1.165, 1.54) is 71.0 Å². The molecule has 0 radical (unpaired) electrons. The summed E-state index contributed by atoms with van der Waals surface area (Å²) in [6.07, 6.45) is 18.8. The minimum Gasteiger partial charge on any atom is -0.508 e. The van der Waals surface area contributed by atoms with Gasteiger partial charge in [0.05, 0.1) is 13.5 Å². The van der Waals surface area contributed by atoms with Gasteiger partial charge in [0.1, 0.15) is 11.5 Å². The summed E-state index contributed by atoms with van der Waals surface area (Å²) in [5.41, 5.74) is 1.56. The van der Waals surface area contributed by atoms with Gasteiger partial charge in [-0.3, -0.25) is 4.79 Å². The maximum Gasteiger partial charge on any atom is 0.307 e. The van der Waals surface area contributed by atoms with Gasteiger partial charge in [0.2, 0.25) is 0 Å². The number of phenols is 1. The fourth-order valence-corrected chi connectivity index (χ4v) is 3.48. The Hall–Kier alpha value is -1.97. The van der Waals surface area contributed by atoms with Gasteiger partial charge in [-0.05, 0) is 50.2 Å². The summed E-state index contributed by atoms with van der Waals surface area (Å²) >= 11 is 0. The minimum atomic E-state index is -0.886. The molecule has 0 bridgehead atoms. The Bertz CT molecular complexity index is 593. The first-order valence-corrected chi connectivity index (χ1v) is 10.8. The highest BCUT2D eigenvalue weighted by Crippen LogP contribution is 2.30. The zero-order valence-corrected chi connectivity index (χ0v) is 17.7. The molecule has 4 heteroatoms. The van der Waals surface area contributed by atoms with Crippen molar-refractivity contribution in [1.29, 1.82) is 0 Å². The van der Waals surface area contributed by atoms with Crippen molar-refractivity contribution in [3.05, 3.63) is 35.4 Å². The number of aliphatic carboxylic acids is 1. The zero-order chi connectivity index (χ0) is 20.6. The predicted molar refractivity (Wildman–Crippen MR) is 115 cm³/mol. The number of carbonyl (C=O) groups is 1. The predicted octanol–water partition coefficient (Wildman–Crippen LogP) is 6.44. The first kappa shape index (κ1) is 24.1. The molecule has 0 heterocycles. The highest BCUT2D eigenvalue weighted by molar-refractivity contribution is 5.72. The average Bonchev–Trinajstić information content (AvgIpc) is 2.66. The number of hydrogen-bond acceptors (Lipinski definition) is 3. The number of aryl methyl sites for hydroxylation is 1. The molecule has 1 rings (SSSR count). The Labute approximate surface area is 170 Å². The van der Waals surface area contributed by atoms with E-state index >= 15 is 0 Å². The maximum atomic E-state index is 11.1. The van der Waals surface area contributed by atoms with E-state index in [2.05, 4.69) is 19.1 Å². The third kappa shape index (κ3) is 10.4. The molecular weight excluding hydrogens is 352 g/mol. The van der Waals surface area contributed by atoms with E-state index in [0.717, 1.165) is 24.8 Å². The van der Waals surface area contributed by atoms with Crippen LogP contribution in [0.5, 0.6) is 11.5 Å². The van der Waals surface area contributed by atoms with Crippen molar-refractivity contribution in [3.8, 4) is 11.5 Å². The van der Waals surface area contributed by atoms with Gasteiger partial charge >= 0.3 is 5.97 Å². The van der Waals surface area contributed by atoms with Crippen molar-refractivity contribution in [2.24, 2.45) is 0 Å². The van der Waals surface area contributed by atoms with Gasteiger partial charge in [0.15, 0.2) is 0 Å². The van der Waals surface area contributed by atoms with Gasteiger partial charge in [-0.15, -0.1) is 0 Å². The SMILES string of the molecule is CCCCCC/C=C\CCCCCCCc1cc(O)cc(OC)c1CC(=O)O. The molecule has 0 aliphatic rings. The molecule has 0 fully saturated rings. The van der Waals surface area contributed by atoms with Crippen LogP contribution in [0.4, 0.5) is 0 Å². The lowest BCUT2D eigenvalue weighted by Crippen LogP contribution is -2.06. The monoisotopic (exact) mass is 390 g/mol. The topological polar surface area (TPSA) is 66.8 Å². The van der Waals surface area contributed by atoms with Crippen LogP contribution in [0, 0.1) is 0 Å². The lowest BCUT2D eigenvalue weighted by molar-refractivity contribution is -0.136. The number of aromatic hydroxyl groups is 1. The second kappa shape index (κ2) is 15.0. The number of rotatable bonds is 16. The molecule has 1 aromatic carbocycles. The van der Waals surface area contributed by atoms with Crippen LogP contribution in [0.2, 0.25) is 0 Å². The lowest BCUT2D eigenvalue weighted by Gasteiger charge is -2.13. The molecule has 0 aromatic heterocycles. The van der Waals surface area contributed by atoms with Gasteiger partial charge in [-0.1, -0.05) is 57.6 Å². The number of hydrogen-bond donors (Lipinski definition) is 2. The third-order valence-corrected chi connectivity index (χ3v) is 5.04. The molecule has 28 heavy (non-hydrogen) atoms. The van der Waals surface area contributed by atoms with Crippen LogP contribution in [0.1, 0.15) is 88.7 Å². The molecule has 0 saturated heterocycles. The first-order chi connectivity index (χ1) is 13.6. The molecule has 0 unspecified atom stereocenters. The first-order valence-electron chi connectivity index (χ1n) is 10.8. The Balaban J connectivity index is 2.25. The van der Waals surface area contributed by atoms with Crippen molar-refractivity contribution in [2.45, 2.75) is 90.4 Å². The highest BCUT2D eigenvalue weighted by atomic mass is 16.5. The van der Waals surface area contributed by atoms with Crippen molar-refractivity contribution in [2.75, 3.05) is 7.11 Å². The second-order valence-electron chi connectivity index (χ2n) is 7.48. The van der Waals surface area contributed by atoms with Crippen LogP contribution in [-0.4, -0.2) is 23.3 Å². The Morgan fingerprint density at radius 2 is 1.57 bits per heavy atom. The molecule has 0 aliphatic heterocycles. The van der Waals surface area contributed by atoms with E-state index in [1.54, 1.807) is 6.07 Å². The Morgan fingerprint density at radius 3 is 2.18 bits per heavy atom.